The zero-order valence-electron chi connectivity index (χ0n) is 12.6. The minimum atomic E-state index is 0.629. The van der Waals surface area contributed by atoms with E-state index >= 15 is 0 Å². The molecule has 0 aliphatic rings. The Bertz CT molecular complexity index is 857. The van der Waals surface area contributed by atoms with Gasteiger partial charge in [0.25, 0.3) is 0 Å². The van der Waals surface area contributed by atoms with E-state index in [0.29, 0.717) is 10.0 Å². The molecule has 2 nitrogen and oxygen atoms in total. The van der Waals surface area contributed by atoms with Crippen LogP contribution in [0.15, 0.2) is 30.3 Å². The van der Waals surface area contributed by atoms with Gasteiger partial charge in [0.05, 0.1) is 17.7 Å². The number of aromatic nitrogens is 1. The lowest BCUT2D eigenvalue weighted by molar-refractivity contribution is -0.669. The predicted molar refractivity (Wildman–Crippen MR) is 94.4 cm³/mol. The SMILES string of the molecule is CC[n+]1c(C)sc2ccc(OC)c(-c3ccc(Cl)cc3Cl)c21. The highest BCUT2D eigenvalue weighted by Crippen LogP contribution is 2.41. The Morgan fingerprint density at radius 3 is 2.59 bits per heavy atom. The van der Waals surface area contributed by atoms with Gasteiger partial charge in [0, 0.05) is 17.5 Å². The molecule has 0 radical (unpaired) electrons. The summed E-state index contributed by atoms with van der Waals surface area (Å²) in [5.74, 6) is 0.816. The average molecular weight is 353 g/mol. The molecule has 22 heavy (non-hydrogen) atoms. The molecule has 0 aliphatic carbocycles. The topological polar surface area (TPSA) is 13.1 Å². The molecule has 0 bridgehead atoms. The number of hydrogen-bond acceptors (Lipinski definition) is 2. The predicted octanol–water partition coefficient (Wildman–Crippen LogP) is 5.50. The zero-order valence-corrected chi connectivity index (χ0v) is 14.9. The van der Waals surface area contributed by atoms with Crippen LogP contribution in [0.3, 0.4) is 0 Å². The lowest BCUT2D eigenvalue weighted by Crippen LogP contribution is -2.33. The molecule has 0 atom stereocenters. The number of rotatable bonds is 3. The largest absolute Gasteiger partial charge is 0.496 e. The third kappa shape index (κ3) is 2.47. The first-order chi connectivity index (χ1) is 10.6. The zero-order chi connectivity index (χ0) is 15.9. The standard InChI is InChI=1S/C17H16Cl2NOS/c1-4-20-10(2)22-15-8-7-14(21-3)16(17(15)20)12-6-5-11(18)9-13(12)19/h5-9H,4H2,1-3H3/q+1. The number of halogens is 2. The highest BCUT2D eigenvalue weighted by Gasteiger charge is 2.25. The summed E-state index contributed by atoms with van der Waals surface area (Å²) in [7, 11) is 1.68. The minimum Gasteiger partial charge on any atom is -0.496 e. The van der Waals surface area contributed by atoms with Crippen LogP contribution in [-0.4, -0.2) is 7.11 Å². The number of benzene rings is 2. The monoisotopic (exact) mass is 352 g/mol. The fourth-order valence-corrected chi connectivity index (χ4v) is 4.38. The fourth-order valence-electron chi connectivity index (χ4n) is 2.78. The first-order valence-corrected chi connectivity index (χ1v) is 8.59. The van der Waals surface area contributed by atoms with E-state index < -0.39 is 0 Å². The van der Waals surface area contributed by atoms with Crippen molar-refractivity contribution in [3.8, 4) is 16.9 Å². The van der Waals surface area contributed by atoms with Gasteiger partial charge in [-0.25, -0.2) is 0 Å². The molecule has 0 fully saturated rings. The highest BCUT2D eigenvalue weighted by atomic mass is 35.5. The summed E-state index contributed by atoms with van der Waals surface area (Å²) in [5, 5.41) is 2.52. The third-order valence-corrected chi connectivity index (χ3v) is 5.36. The summed E-state index contributed by atoms with van der Waals surface area (Å²) < 4.78 is 9.12. The van der Waals surface area contributed by atoms with Crippen LogP contribution < -0.4 is 9.30 Å². The van der Waals surface area contributed by atoms with Crippen molar-refractivity contribution in [1.82, 2.24) is 0 Å². The number of hydrogen-bond donors (Lipinski definition) is 0. The Balaban J connectivity index is 2.44. The third-order valence-electron chi connectivity index (χ3n) is 3.75. The molecule has 1 heterocycles. The second-order valence-electron chi connectivity index (χ2n) is 4.98. The van der Waals surface area contributed by atoms with Crippen LogP contribution in [0.2, 0.25) is 10.0 Å². The summed E-state index contributed by atoms with van der Waals surface area (Å²) in [6.45, 7) is 5.18. The molecule has 0 unspecified atom stereocenters. The lowest BCUT2D eigenvalue weighted by Gasteiger charge is -2.10. The van der Waals surface area contributed by atoms with Gasteiger partial charge < -0.3 is 4.74 Å². The maximum atomic E-state index is 6.45. The number of fused-ring (bicyclic) bond motifs is 1. The van der Waals surface area contributed by atoms with E-state index in [1.807, 2.05) is 18.2 Å². The van der Waals surface area contributed by atoms with Crippen LogP contribution in [0.1, 0.15) is 11.9 Å². The van der Waals surface area contributed by atoms with Crippen molar-refractivity contribution in [3.05, 3.63) is 45.4 Å². The van der Waals surface area contributed by atoms with Gasteiger partial charge in [-0.1, -0.05) is 40.6 Å². The summed E-state index contributed by atoms with van der Waals surface area (Å²) in [6, 6.07) is 9.68. The van der Waals surface area contributed by atoms with E-state index in [0.717, 1.165) is 28.9 Å². The molecule has 0 amide bonds. The minimum absolute atomic E-state index is 0.629. The fraction of sp³-hybridized carbons (Fsp3) is 0.235. The Labute approximate surface area is 143 Å². The van der Waals surface area contributed by atoms with Gasteiger partial charge in [0.2, 0.25) is 10.5 Å². The van der Waals surface area contributed by atoms with Crippen LogP contribution in [0.5, 0.6) is 5.75 Å². The molecular formula is C17H16Cl2NOS+. The quantitative estimate of drug-likeness (QED) is 0.567. The molecule has 1 aromatic heterocycles. The molecule has 114 valence electrons. The summed E-state index contributed by atoms with van der Waals surface area (Å²) >= 11 is 14.3. The first-order valence-electron chi connectivity index (χ1n) is 7.02. The number of nitrogens with zero attached hydrogens (tertiary/aromatic N) is 1. The highest BCUT2D eigenvalue weighted by molar-refractivity contribution is 7.18. The van der Waals surface area contributed by atoms with Crippen molar-refractivity contribution in [2.45, 2.75) is 20.4 Å². The van der Waals surface area contributed by atoms with Gasteiger partial charge in [-0.3, -0.25) is 0 Å². The lowest BCUT2D eigenvalue weighted by atomic mass is 10.0. The normalized spacial score (nSPS) is 11.1. The molecule has 5 heteroatoms. The first kappa shape index (κ1) is 15.6. The molecule has 0 saturated carbocycles. The van der Waals surface area contributed by atoms with Crippen LogP contribution >= 0.6 is 34.5 Å². The Hall–Kier alpha value is -1.29. The van der Waals surface area contributed by atoms with Crippen molar-refractivity contribution in [1.29, 1.82) is 0 Å². The number of methoxy groups -OCH3 is 1. The van der Waals surface area contributed by atoms with Gasteiger partial charge in [-0.2, -0.15) is 4.57 Å². The number of thiazole rings is 1. The van der Waals surface area contributed by atoms with Crippen molar-refractivity contribution < 1.29 is 9.30 Å². The van der Waals surface area contributed by atoms with Crippen LogP contribution in [0.4, 0.5) is 0 Å². The molecule has 3 aromatic rings. The van der Waals surface area contributed by atoms with Gasteiger partial charge in [-0.15, -0.1) is 0 Å². The van der Waals surface area contributed by atoms with Gasteiger partial charge in [-0.05, 0) is 31.2 Å². The maximum absolute atomic E-state index is 6.45. The Morgan fingerprint density at radius 1 is 1.18 bits per heavy atom. The van der Waals surface area contributed by atoms with Crippen LogP contribution in [0, 0.1) is 6.92 Å². The molecule has 2 aromatic carbocycles. The second-order valence-corrected chi connectivity index (χ2v) is 7.06. The molecule has 3 rings (SSSR count). The van der Waals surface area contributed by atoms with E-state index in [9.17, 15) is 0 Å². The smallest absolute Gasteiger partial charge is 0.235 e. The van der Waals surface area contributed by atoms with Crippen LogP contribution in [0.25, 0.3) is 21.3 Å². The van der Waals surface area contributed by atoms with Gasteiger partial charge in [0.15, 0.2) is 0 Å². The molecular weight excluding hydrogens is 337 g/mol. The molecule has 0 spiro atoms. The van der Waals surface area contributed by atoms with E-state index in [1.165, 1.54) is 9.71 Å². The summed E-state index contributed by atoms with van der Waals surface area (Å²) in [4.78, 5) is 0. The van der Waals surface area contributed by atoms with Crippen molar-refractivity contribution >= 4 is 44.8 Å². The van der Waals surface area contributed by atoms with E-state index in [-0.39, 0.29) is 0 Å². The van der Waals surface area contributed by atoms with Crippen LogP contribution in [-0.2, 0) is 6.54 Å². The van der Waals surface area contributed by atoms with Gasteiger partial charge >= 0.3 is 0 Å². The summed E-state index contributed by atoms with van der Waals surface area (Å²) in [5.41, 5.74) is 3.12. The van der Waals surface area contributed by atoms with Crippen molar-refractivity contribution in [2.24, 2.45) is 0 Å². The van der Waals surface area contributed by atoms with Crippen molar-refractivity contribution in [2.75, 3.05) is 7.11 Å². The Morgan fingerprint density at radius 2 is 1.95 bits per heavy atom. The number of ether oxygens (including phenoxy) is 1. The van der Waals surface area contributed by atoms with E-state index in [2.05, 4.69) is 24.5 Å². The van der Waals surface area contributed by atoms with E-state index in [1.54, 1.807) is 24.5 Å². The van der Waals surface area contributed by atoms with Gasteiger partial charge in [0.1, 0.15) is 17.0 Å². The van der Waals surface area contributed by atoms with E-state index in [4.69, 9.17) is 27.9 Å². The summed E-state index contributed by atoms with van der Waals surface area (Å²) in [6.07, 6.45) is 0. The molecule has 0 saturated heterocycles. The average Bonchev–Trinajstić information content (AvgIpc) is 2.82. The Kier molecular flexibility index (Phi) is 4.31. The van der Waals surface area contributed by atoms with Crippen molar-refractivity contribution in [3.63, 3.8) is 0 Å². The molecule has 0 aliphatic heterocycles. The maximum Gasteiger partial charge on any atom is 0.235 e. The molecule has 0 N–H and O–H groups in total. The second kappa shape index (κ2) is 6.07. The number of aryl methyl sites for hydroxylation is 2.